The second-order valence-corrected chi connectivity index (χ2v) is 9.30. The summed E-state index contributed by atoms with van der Waals surface area (Å²) in [5.41, 5.74) is 2.92. The summed E-state index contributed by atoms with van der Waals surface area (Å²) in [6.07, 6.45) is 1.25. The van der Waals surface area contributed by atoms with Gasteiger partial charge in [0.2, 0.25) is 15.9 Å². The van der Waals surface area contributed by atoms with Gasteiger partial charge in [0.05, 0.1) is 4.90 Å². The standard InChI is InChI=1S/C24H25FN2O3S/c1-27(31(29,30)22-15-13-21(25)14-16-22)17-7-12-24(28)26-23-11-6-5-10-20(23)18-19-8-3-2-4-9-19/h2-6,8-11,13-16H,7,12,17-18H2,1H3,(H,26,28). The molecule has 0 heterocycles. The molecule has 0 spiro atoms. The van der Waals surface area contributed by atoms with Crippen molar-refractivity contribution >= 4 is 21.6 Å². The molecule has 0 aromatic heterocycles. The van der Waals surface area contributed by atoms with Gasteiger partial charge in [0.25, 0.3) is 0 Å². The summed E-state index contributed by atoms with van der Waals surface area (Å²) < 4.78 is 39.3. The van der Waals surface area contributed by atoms with Gasteiger partial charge in [-0.05, 0) is 54.3 Å². The highest BCUT2D eigenvalue weighted by Crippen LogP contribution is 2.20. The Morgan fingerprint density at radius 1 is 0.935 bits per heavy atom. The highest BCUT2D eigenvalue weighted by atomic mass is 32.2. The van der Waals surface area contributed by atoms with Gasteiger partial charge in [-0.3, -0.25) is 4.79 Å². The van der Waals surface area contributed by atoms with Crippen molar-refractivity contribution in [3.05, 3.63) is 95.8 Å². The van der Waals surface area contributed by atoms with Crippen LogP contribution < -0.4 is 5.32 Å². The molecule has 1 amide bonds. The number of rotatable bonds is 9. The summed E-state index contributed by atoms with van der Waals surface area (Å²) in [6.45, 7) is 0.179. The summed E-state index contributed by atoms with van der Waals surface area (Å²) >= 11 is 0. The fourth-order valence-corrected chi connectivity index (χ4v) is 4.40. The first-order valence-electron chi connectivity index (χ1n) is 10.00. The number of hydrogen-bond acceptors (Lipinski definition) is 3. The van der Waals surface area contributed by atoms with Crippen LogP contribution in [0.15, 0.2) is 83.8 Å². The first kappa shape index (κ1) is 22.7. The van der Waals surface area contributed by atoms with E-state index in [4.69, 9.17) is 0 Å². The van der Waals surface area contributed by atoms with Crippen LogP contribution in [0.1, 0.15) is 24.0 Å². The average molecular weight is 441 g/mol. The van der Waals surface area contributed by atoms with Gasteiger partial charge in [-0.2, -0.15) is 0 Å². The van der Waals surface area contributed by atoms with Crippen molar-refractivity contribution < 1.29 is 17.6 Å². The van der Waals surface area contributed by atoms with Crippen LogP contribution in [0, 0.1) is 5.82 Å². The minimum Gasteiger partial charge on any atom is -0.326 e. The van der Waals surface area contributed by atoms with E-state index >= 15 is 0 Å². The average Bonchev–Trinajstić information content (AvgIpc) is 2.76. The molecule has 3 aromatic rings. The molecular weight excluding hydrogens is 415 g/mol. The molecule has 162 valence electrons. The van der Waals surface area contributed by atoms with Crippen molar-refractivity contribution in [2.24, 2.45) is 0 Å². The van der Waals surface area contributed by atoms with Crippen LogP contribution in [0.3, 0.4) is 0 Å². The van der Waals surface area contributed by atoms with Crippen LogP contribution >= 0.6 is 0 Å². The van der Waals surface area contributed by atoms with Crippen molar-refractivity contribution in [3.8, 4) is 0 Å². The Hall–Kier alpha value is -3.03. The normalized spacial score (nSPS) is 11.5. The number of sulfonamides is 1. The largest absolute Gasteiger partial charge is 0.326 e. The zero-order valence-electron chi connectivity index (χ0n) is 17.3. The minimum absolute atomic E-state index is 0.0238. The molecule has 0 atom stereocenters. The van der Waals surface area contributed by atoms with E-state index in [0.29, 0.717) is 12.8 Å². The summed E-state index contributed by atoms with van der Waals surface area (Å²) in [5, 5.41) is 2.93. The molecule has 3 aromatic carbocycles. The molecule has 3 rings (SSSR count). The molecule has 5 nitrogen and oxygen atoms in total. The fraction of sp³-hybridized carbons (Fsp3) is 0.208. The predicted molar refractivity (Wildman–Crippen MR) is 120 cm³/mol. The number of halogens is 1. The number of hydrogen-bond donors (Lipinski definition) is 1. The zero-order chi connectivity index (χ0) is 22.3. The summed E-state index contributed by atoms with van der Waals surface area (Å²) in [7, 11) is -2.27. The summed E-state index contributed by atoms with van der Waals surface area (Å²) in [5.74, 6) is -0.668. The van der Waals surface area contributed by atoms with Gasteiger partial charge in [0.1, 0.15) is 5.82 Å². The molecule has 0 aliphatic heterocycles. The van der Waals surface area contributed by atoms with Crippen LogP contribution in [-0.2, 0) is 21.2 Å². The Morgan fingerprint density at radius 3 is 2.29 bits per heavy atom. The topological polar surface area (TPSA) is 66.5 Å². The highest BCUT2D eigenvalue weighted by Gasteiger charge is 2.20. The Balaban J connectivity index is 1.54. The number of benzene rings is 3. The molecule has 7 heteroatoms. The molecule has 0 saturated carbocycles. The maximum Gasteiger partial charge on any atom is 0.242 e. The van der Waals surface area contributed by atoms with Crippen LogP contribution in [0.5, 0.6) is 0 Å². The maximum atomic E-state index is 13.0. The van der Waals surface area contributed by atoms with Crippen molar-refractivity contribution in [1.82, 2.24) is 4.31 Å². The Kier molecular flexibility index (Phi) is 7.55. The van der Waals surface area contributed by atoms with Gasteiger partial charge >= 0.3 is 0 Å². The molecular formula is C24H25FN2O3S. The molecule has 0 unspecified atom stereocenters. The highest BCUT2D eigenvalue weighted by molar-refractivity contribution is 7.89. The lowest BCUT2D eigenvalue weighted by atomic mass is 10.0. The molecule has 1 N–H and O–H groups in total. The number of nitrogens with zero attached hydrogens (tertiary/aromatic N) is 1. The quantitative estimate of drug-likeness (QED) is 0.534. The molecule has 0 aliphatic rings. The van der Waals surface area contributed by atoms with Gasteiger partial charge < -0.3 is 5.32 Å². The molecule has 0 fully saturated rings. The number of carbonyl (C=O) groups excluding carboxylic acids is 1. The van der Waals surface area contributed by atoms with Crippen LogP contribution in [0.25, 0.3) is 0 Å². The zero-order valence-corrected chi connectivity index (χ0v) is 18.1. The Bertz CT molecular complexity index is 1120. The predicted octanol–water partition coefficient (Wildman–Crippen LogP) is 4.46. The van der Waals surface area contributed by atoms with E-state index in [0.717, 1.165) is 28.9 Å². The lowest BCUT2D eigenvalue weighted by Gasteiger charge is -2.17. The summed E-state index contributed by atoms with van der Waals surface area (Å²) in [4.78, 5) is 12.5. The summed E-state index contributed by atoms with van der Waals surface area (Å²) in [6, 6.07) is 22.3. The lowest BCUT2D eigenvalue weighted by molar-refractivity contribution is -0.116. The minimum atomic E-state index is -3.72. The Morgan fingerprint density at radius 2 is 1.58 bits per heavy atom. The van der Waals surface area contributed by atoms with E-state index in [1.165, 1.54) is 23.5 Å². The second-order valence-electron chi connectivity index (χ2n) is 7.25. The lowest BCUT2D eigenvalue weighted by Crippen LogP contribution is -2.28. The number of carbonyl (C=O) groups is 1. The SMILES string of the molecule is CN(CCCC(=O)Nc1ccccc1Cc1ccccc1)S(=O)(=O)c1ccc(F)cc1. The second kappa shape index (κ2) is 10.3. The Labute approximate surface area is 182 Å². The monoisotopic (exact) mass is 440 g/mol. The van der Waals surface area contributed by atoms with E-state index in [9.17, 15) is 17.6 Å². The van der Waals surface area contributed by atoms with Gasteiger partial charge in [-0.25, -0.2) is 17.1 Å². The van der Waals surface area contributed by atoms with E-state index < -0.39 is 15.8 Å². The van der Waals surface area contributed by atoms with Crippen LogP contribution in [0.2, 0.25) is 0 Å². The molecule has 0 saturated heterocycles. The van der Waals surface area contributed by atoms with E-state index in [1.807, 2.05) is 54.6 Å². The third-order valence-corrected chi connectivity index (χ3v) is 6.80. The third kappa shape index (κ3) is 6.23. The maximum absolute atomic E-state index is 13.0. The van der Waals surface area contributed by atoms with Gasteiger partial charge in [0.15, 0.2) is 0 Å². The van der Waals surface area contributed by atoms with Gasteiger partial charge in [-0.1, -0.05) is 48.5 Å². The van der Waals surface area contributed by atoms with E-state index in [1.54, 1.807) is 0 Å². The molecule has 0 bridgehead atoms. The van der Waals surface area contributed by atoms with Crippen molar-refractivity contribution in [1.29, 1.82) is 0 Å². The molecule has 31 heavy (non-hydrogen) atoms. The number of para-hydroxylation sites is 1. The first-order valence-corrected chi connectivity index (χ1v) is 11.4. The van der Waals surface area contributed by atoms with Gasteiger partial charge in [-0.15, -0.1) is 0 Å². The van der Waals surface area contributed by atoms with E-state index in [2.05, 4.69) is 5.32 Å². The van der Waals surface area contributed by atoms with Crippen molar-refractivity contribution in [2.75, 3.05) is 18.9 Å². The number of anilines is 1. The van der Waals surface area contributed by atoms with Crippen LogP contribution in [-0.4, -0.2) is 32.2 Å². The first-order chi connectivity index (χ1) is 14.9. The number of amides is 1. The fourth-order valence-electron chi connectivity index (χ4n) is 3.19. The van der Waals surface area contributed by atoms with Gasteiger partial charge in [0, 0.05) is 25.7 Å². The number of nitrogens with one attached hydrogen (secondary N) is 1. The molecule has 0 radical (unpaired) electrons. The van der Waals surface area contributed by atoms with Crippen molar-refractivity contribution in [3.63, 3.8) is 0 Å². The van der Waals surface area contributed by atoms with E-state index in [-0.39, 0.29) is 23.8 Å². The third-order valence-electron chi connectivity index (χ3n) is 4.93. The molecule has 0 aliphatic carbocycles. The smallest absolute Gasteiger partial charge is 0.242 e. The van der Waals surface area contributed by atoms with Crippen LogP contribution in [0.4, 0.5) is 10.1 Å². The van der Waals surface area contributed by atoms with Crippen molar-refractivity contribution in [2.45, 2.75) is 24.2 Å².